The van der Waals surface area contributed by atoms with Crippen molar-refractivity contribution in [3.05, 3.63) is 47.9 Å². The van der Waals surface area contributed by atoms with Crippen LogP contribution in [0.3, 0.4) is 0 Å². The summed E-state index contributed by atoms with van der Waals surface area (Å²) >= 11 is 0. The van der Waals surface area contributed by atoms with E-state index in [1.165, 1.54) is 11.3 Å². The molecule has 0 aromatic carbocycles. The molecule has 1 aliphatic rings. The van der Waals surface area contributed by atoms with Crippen molar-refractivity contribution in [2.75, 3.05) is 7.05 Å². The van der Waals surface area contributed by atoms with Crippen molar-refractivity contribution in [3.8, 4) is 0 Å². The van der Waals surface area contributed by atoms with Crippen LogP contribution >= 0.6 is 0 Å². The Morgan fingerprint density at radius 1 is 1.21 bits per heavy atom. The quantitative estimate of drug-likeness (QED) is 0.641. The Hall–Kier alpha value is -1.24. The molecule has 0 aromatic heterocycles. The Morgan fingerprint density at radius 2 is 1.86 bits per heavy atom. The van der Waals surface area contributed by atoms with Gasteiger partial charge in [0.2, 0.25) is 0 Å². The largest absolute Gasteiger partial charge is 0.351 e. The number of allylic oxidation sites excluding steroid dienone is 6. The van der Waals surface area contributed by atoms with E-state index in [0.717, 1.165) is 12.8 Å². The molecule has 0 aromatic rings. The first kappa shape index (κ1) is 10.8. The molecule has 0 spiro atoms. The van der Waals surface area contributed by atoms with Crippen LogP contribution in [0.25, 0.3) is 0 Å². The van der Waals surface area contributed by atoms with Gasteiger partial charge in [0.25, 0.3) is 0 Å². The van der Waals surface area contributed by atoms with Crippen molar-refractivity contribution >= 4 is 0 Å². The predicted molar refractivity (Wildman–Crippen MR) is 62.8 cm³/mol. The summed E-state index contributed by atoms with van der Waals surface area (Å²) in [6.45, 7) is 4.19. The summed E-state index contributed by atoms with van der Waals surface area (Å²) in [5.41, 5.74) is 2.60. The molecular formula is C13H19N. The molecule has 1 heteroatoms. The van der Waals surface area contributed by atoms with E-state index in [1.807, 2.05) is 6.92 Å². The highest BCUT2D eigenvalue weighted by Gasteiger charge is 2.01. The molecule has 1 aliphatic carbocycles. The van der Waals surface area contributed by atoms with Crippen LogP contribution in [0.2, 0.25) is 0 Å². The first-order valence-corrected chi connectivity index (χ1v) is 5.15. The van der Waals surface area contributed by atoms with Gasteiger partial charge in [-0.15, -0.1) is 0 Å². The normalized spacial score (nSPS) is 22.5. The van der Waals surface area contributed by atoms with Gasteiger partial charge < -0.3 is 4.90 Å². The van der Waals surface area contributed by atoms with E-state index in [9.17, 15) is 0 Å². The van der Waals surface area contributed by atoms with Gasteiger partial charge in [-0.2, -0.15) is 0 Å². The molecule has 0 saturated carbocycles. The number of rotatable bonds is 2. The lowest BCUT2D eigenvalue weighted by molar-refractivity contribution is 0.581. The van der Waals surface area contributed by atoms with Crippen molar-refractivity contribution < 1.29 is 0 Å². The topological polar surface area (TPSA) is 3.24 Å². The first-order chi connectivity index (χ1) is 6.75. The first-order valence-electron chi connectivity index (χ1n) is 5.15. The molecule has 14 heavy (non-hydrogen) atoms. The van der Waals surface area contributed by atoms with Gasteiger partial charge in [-0.1, -0.05) is 24.3 Å². The third-order valence-corrected chi connectivity index (χ3v) is 2.30. The standard InChI is InChI=1S/C13H19N/c1-4-11-14(3)13-10-8-6-5-7-9-12(13)2/h4,7-11H,5-6H2,1-3H3/b9-7?,10-8?,11-4-,13-12+. The molecule has 0 atom stereocenters. The van der Waals surface area contributed by atoms with Crippen molar-refractivity contribution in [2.45, 2.75) is 26.7 Å². The van der Waals surface area contributed by atoms with E-state index in [4.69, 9.17) is 0 Å². The Kier molecular flexibility index (Phi) is 4.24. The van der Waals surface area contributed by atoms with E-state index in [2.05, 4.69) is 55.5 Å². The van der Waals surface area contributed by atoms with E-state index in [-0.39, 0.29) is 0 Å². The van der Waals surface area contributed by atoms with Gasteiger partial charge in [0.05, 0.1) is 0 Å². The maximum absolute atomic E-state index is 2.24. The summed E-state index contributed by atoms with van der Waals surface area (Å²) in [7, 11) is 2.08. The third-order valence-electron chi connectivity index (χ3n) is 2.30. The minimum absolute atomic E-state index is 1.14. The molecule has 76 valence electrons. The van der Waals surface area contributed by atoms with Crippen LogP contribution in [0, 0.1) is 0 Å². The number of hydrogen-bond acceptors (Lipinski definition) is 1. The molecule has 1 rings (SSSR count). The molecule has 1 nitrogen and oxygen atoms in total. The van der Waals surface area contributed by atoms with E-state index >= 15 is 0 Å². The summed E-state index contributed by atoms with van der Waals surface area (Å²) in [6, 6.07) is 0. The van der Waals surface area contributed by atoms with Crippen molar-refractivity contribution in [1.29, 1.82) is 0 Å². The number of likely N-dealkylation sites (N-methyl/N-ethyl adjacent to an activating group) is 1. The second kappa shape index (κ2) is 5.48. The van der Waals surface area contributed by atoms with Gasteiger partial charge in [0.15, 0.2) is 0 Å². The molecule has 0 heterocycles. The minimum Gasteiger partial charge on any atom is -0.351 e. The molecule has 0 amide bonds. The summed E-state index contributed by atoms with van der Waals surface area (Å²) in [4.78, 5) is 2.15. The molecule has 0 fully saturated rings. The van der Waals surface area contributed by atoms with Crippen LogP contribution < -0.4 is 0 Å². The highest BCUT2D eigenvalue weighted by Crippen LogP contribution is 2.15. The molecule has 0 radical (unpaired) electrons. The smallest absolute Gasteiger partial charge is 0.0429 e. The zero-order valence-electron chi connectivity index (χ0n) is 9.33. The zero-order valence-corrected chi connectivity index (χ0v) is 9.33. The molecule has 0 bridgehead atoms. The molecule has 0 saturated heterocycles. The van der Waals surface area contributed by atoms with Crippen LogP contribution in [0.4, 0.5) is 0 Å². The van der Waals surface area contributed by atoms with Crippen molar-refractivity contribution in [1.82, 2.24) is 4.90 Å². The average molecular weight is 189 g/mol. The number of hydrogen-bond donors (Lipinski definition) is 0. The van der Waals surface area contributed by atoms with Crippen molar-refractivity contribution in [3.63, 3.8) is 0 Å². The van der Waals surface area contributed by atoms with E-state index in [1.54, 1.807) is 0 Å². The molecule has 0 N–H and O–H groups in total. The fourth-order valence-electron chi connectivity index (χ4n) is 1.56. The van der Waals surface area contributed by atoms with Gasteiger partial charge in [-0.3, -0.25) is 0 Å². The summed E-state index contributed by atoms with van der Waals surface area (Å²) < 4.78 is 0. The average Bonchev–Trinajstić information content (AvgIpc) is 2.12. The second-order valence-corrected chi connectivity index (χ2v) is 3.54. The summed E-state index contributed by atoms with van der Waals surface area (Å²) in [6.07, 6.45) is 15.3. The van der Waals surface area contributed by atoms with Crippen LogP contribution in [0.1, 0.15) is 26.7 Å². The highest BCUT2D eigenvalue weighted by atomic mass is 15.1. The highest BCUT2D eigenvalue weighted by molar-refractivity contribution is 5.32. The van der Waals surface area contributed by atoms with Gasteiger partial charge in [-0.25, -0.2) is 0 Å². The number of nitrogens with zero attached hydrogens (tertiary/aromatic N) is 1. The van der Waals surface area contributed by atoms with E-state index < -0.39 is 0 Å². The van der Waals surface area contributed by atoms with E-state index in [0.29, 0.717) is 0 Å². The monoisotopic (exact) mass is 189 g/mol. The predicted octanol–water partition coefficient (Wildman–Crippen LogP) is 3.63. The second-order valence-electron chi connectivity index (χ2n) is 3.54. The third kappa shape index (κ3) is 2.91. The van der Waals surface area contributed by atoms with Gasteiger partial charge in [0, 0.05) is 12.7 Å². The maximum atomic E-state index is 2.24. The fourth-order valence-corrected chi connectivity index (χ4v) is 1.56. The summed E-state index contributed by atoms with van der Waals surface area (Å²) in [5.74, 6) is 0. The molecular weight excluding hydrogens is 170 g/mol. The SMILES string of the molecule is C/C=C\N(C)/C1=C(\C)C=CCCC=C1. The van der Waals surface area contributed by atoms with Gasteiger partial charge in [-0.05, 0) is 44.5 Å². The van der Waals surface area contributed by atoms with Crippen LogP contribution in [0.15, 0.2) is 47.9 Å². The van der Waals surface area contributed by atoms with Gasteiger partial charge >= 0.3 is 0 Å². The zero-order chi connectivity index (χ0) is 10.4. The summed E-state index contributed by atoms with van der Waals surface area (Å²) in [5, 5.41) is 0. The maximum Gasteiger partial charge on any atom is 0.0429 e. The molecule has 0 aliphatic heterocycles. The Bertz CT molecular complexity index is 292. The van der Waals surface area contributed by atoms with Crippen LogP contribution in [0.5, 0.6) is 0 Å². The molecule has 0 unspecified atom stereocenters. The fraction of sp³-hybridized carbons (Fsp3) is 0.385. The lowest BCUT2D eigenvalue weighted by Crippen LogP contribution is -2.10. The van der Waals surface area contributed by atoms with Crippen LogP contribution in [-0.4, -0.2) is 11.9 Å². The lowest BCUT2D eigenvalue weighted by atomic mass is 10.1. The minimum atomic E-state index is 1.14. The van der Waals surface area contributed by atoms with Gasteiger partial charge in [0.1, 0.15) is 0 Å². The Morgan fingerprint density at radius 3 is 2.50 bits per heavy atom. The van der Waals surface area contributed by atoms with Crippen LogP contribution in [-0.2, 0) is 0 Å². The Labute approximate surface area is 87.1 Å². The van der Waals surface area contributed by atoms with Crippen molar-refractivity contribution in [2.24, 2.45) is 0 Å². The lowest BCUT2D eigenvalue weighted by Gasteiger charge is -2.18. The Balaban J connectivity index is 2.95.